The third-order valence-electron chi connectivity index (χ3n) is 4.33. The summed E-state index contributed by atoms with van der Waals surface area (Å²) in [6.07, 6.45) is -0.675. The molecule has 0 aliphatic carbocycles. The molecule has 2 heterocycles. The molecule has 1 aromatic heterocycles. The van der Waals surface area contributed by atoms with Gasteiger partial charge in [0.05, 0.1) is 12.1 Å². The predicted molar refractivity (Wildman–Crippen MR) is 93.8 cm³/mol. The first-order valence-corrected chi connectivity index (χ1v) is 8.12. The highest BCUT2D eigenvalue weighted by Gasteiger charge is 2.30. The van der Waals surface area contributed by atoms with E-state index in [-0.39, 0.29) is 24.7 Å². The molecule has 2 aromatic carbocycles. The number of fused-ring (bicyclic) bond motifs is 1. The summed E-state index contributed by atoms with van der Waals surface area (Å²) < 4.78 is 17.9. The summed E-state index contributed by atoms with van der Waals surface area (Å²) in [6.45, 7) is -0.185. The first kappa shape index (κ1) is 16.7. The van der Waals surface area contributed by atoms with E-state index in [9.17, 15) is 19.2 Å². The standard InChI is InChI=1S/C20H12FN3O3/c21-14-4-2-13(3-5-14)17-8-15(9-22)23-18-7-12(1-6-16(17)18)10-24-19(25)11-27-20(24)26/h1-8H,10-11H2. The smallest absolute Gasteiger partial charge is 0.417 e. The number of nitrogens with zero attached hydrogens (tertiary/aromatic N) is 3. The average Bonchev–Trinajstić information content (AvgIpc) is 2.99. The molecule has 7 heteroatoms. The molecule has 1 aliphatic rings. The lowest BCUT2D eigenvalue weighted by molar-refractivity contribution is -0.126. The minimum Gasteiger partial charge on any atom is -0.439 e. The van der Waals surface area contributed by atoms with E-state index in [1.54, 1.807) is 30.3 Å². The number of aromatic nitrogens is 1. The molecule has 0 saturated carbocycles. The van der Waals surface area contributed by atoms with Gasteiger partial charge in [-0.2, -0.15) is 5.26 Å². The maximum absolute atomic E-state index is 13.2. The van der Waals surface area contributed by atoms with Crippen LogP contribution in [0.3, 0.4) is 0 Å². The summed E-state index contributed by atoms with van der Waals surface area (Å²) in [5.41, 5.74) is 2.95. The highest BCUT2D eigenvalue weighted by Crippen LogP contribution is 2.30. The Morgan fingerprint density at radius 3 is 2.59 bits per heavy atom. The van der Waals surface area contributed by atoms with Crippen molar-refractivity contribution in [1.29, 1.82) is 5.26 Å². The molecule has 1 aliphatic heterocycles. The monoisotopic (exact) mass is 361 g/mol. The van der Waals surface area contributed by atoms with Crippen LogP contribution < -0.4 is 0 Å². The second-order valence-electron chi connectivity index (χ2n) is 6.06. The molecule has 3 aromatic rings. The summed E-state index contributed by atoms with van der Waals surface area (Å²) in [4.78, 5) is 28.7. The van der Waals surface area contributed by atoms with Crippen LogP contribution in [-0.2, 0) is 16.1 Å². The number of rotatable bonds is 3. The number of ether oxygens (including phenoxy) is 1. The summed E-state index contributed by atoms with van der Waals surface area (Å²) in [5, 5.41) is 10.1. The Balaban J connectivity index is 1.79. The molecule has 132 valence electrons. The Hall–Kier alpha value is -3.79. The fourth-order valence-electron chi connectivity index (χ4n) is 3.01. The van der Waals surface area contributed by atoms with Crippen molar-refractivity contribution in [3.63, 3.8) is 0 Å². The fraction of sp³-hybridized carbons (Fsp3) is 0.100. The Bertz CT molecular complexity index is 1100. The molecule has 2 amide bonds. The minimum absolute atomic E-state index is 0.0674. The largest absolute Gasteiger partial charge is 0.439 e. The second-order valence-corrected chi connectivity index (χ2v) is 6.06. The second kappa shape index (κ2) is 6.50. The van der Waals surface area contributed by atoms with Gasteiger partial charge in [-0.15, -0.1) is 0 Å². The molecule has 0 bridgehead atoms. The van der Waals surface area contributed by atoms with Gasteiger partial charge in [0.25, 0.3) is 5.91 Å². The van der Waals surface area contributed by atoms with Gasteiger partial charge in [-0.1, -0.05) is 24.3 Å². The normalized spacial score (nSPS) is 13.7. The molecular formula is C20H12FN3O3. The SMILES string of the molecule is N#Cc1cc(-c2ccc(F)cc2)c2ccc(CN3C(=O)COC3=O)cc2n1. The first-order valence-electron chi connectivity index (χ1n) is 8.12. The van der Waals surface area contributed by atoms with Crippen LogP contribution in [0.2, 0.25) is 0 Å². The molecule has 27 heavy (non-hydrogen) atoms. The zero-order chi connectivity index (χ0) is 19.0. The van der Waals surface area contributed by atoms with E-state index >= 15 is 0 Å². The Morgan fingerprint density at radius 1 is 1.15 bits per heavy atom. The molecular weight excluding hydrogens is 349 g/mol. The van der Waals surface area contributed by atoms with E-state index in [2.05, 4.69) is 4.98 Å². The Kier molecular flexibility index (Phi) is 4.01. The molecule has 0 N–H and O–H groups in total. The van der Waals surface area contributed by atoms with Gasteiger partial charge in [-0.25, -0.2) is 19.1 Å². The number of halogens is 1. The maximum atomic E-state index is 13.2. The van der Waals surface area contributed by atoms with Crippen molar-refractivity contribution < 1.29 is 18.7 Å². The number of hydrogen-bond donors (Lipinski definition) is 0. The quantitative estimate of drug-likeness (QED) is 0.714. The molecule has 6 nitrogen and oxygen atoms in total. The first-order chi connectivity index (χ1) is 13.0. The van der Waals surface area contributed by atoms with Crippen LogP contribution >= 0.6 is 0 Å². The minimum atomic E-state index is -0.675. The van der Waals surface area contributed by atoms with E-state index in [0.717, 1.165) is 21.4 Å². The zero-order valence-corrected chi connectivity index (χ0v) is 14.0. The third-order valence-corrected chi connectivity index (χ3v) is 4.33. The highest BCUT2D eigenvalue weighted by atomic mass is 19.1. The molecule has 0 unspecified atom stereocenters. The van der Waals surface area contributed by atoms with Gasteiger partial charge in [0.15, 0.2) is 6.61 Å². The summed E-state index contributed by atoms with van der Waals surface area (Å²) in [6, 6.07) is 15.0. The van der Waals surface area contributed by atoms with Gasteiger partial charge in [-0.3, -0.25) is 4.79 Å². The number of carbonyl (C=O) groups is 2. The maximum Gasteiger partial charge on any atom is 0.417 e. The number of hydrogen-bond acceptors (Lipinski definition) is 5. The number of carbonyl (C=O) groups excluding carboxylic acids is 2. The lowest BCUT2D eigenvalue weighted by Crippen LogP contribution is -2.28. The van der Waals surface area contributed by atoms with Crippen molar-refractivity contribution in [1.82, 2.24) is 9.88 Å². The van der Waals surface area contributed by atoms with Crippen molar-refractivity contribution in [3.8, 4) is 17.2 Å². The number of cyclic esters (lactones) is 1. The van der Waals surface area contributed by atoms with Gasteiger partial charge in [-0.05, 0) is 41.0 Å². The molecule has 1 fully saturated rings. The van der Waals surface area contributed by atoms with Crippen LogP contribution in [-0.4, -0.2) is 28.5 Å². The van der Waals surface area contributed by atoms with Gasteiger partial charge in [0.2, 0.25) is 0 Å². The summed E-state index contributed by atoms with van der Waals surface area (Å²) in [5.74, 6) is -0.743. The number of pyridine rings is 1. The predicted octanol–water partition coefficient (Wildman–Crippen LogP) is 3.39. The van der Waals surface area contributed by atoms with Crippen LogP contribution in [0.5, 0.6) is 0 Å². The fourth-order valence-corrected chi connectivity index (χ4v) is 3.01. The van der Waals surface area contributed by atoms with Gasteiger partial charge in [0, 0.05) is 5.39 Å². The molecule has 0 atom stereocenters. The van der Waals surface area contributed by atoms with E-state index in [4.69, 9.17) is 4.74 Å². The molecule has 0 radical (unpaired) electrons. The van der Waals surface area contributed by atoms with Gasteiger partial charge >= 0.3 is 6.09 Å². The van der Waals surface area contributed by atoms with Crippen molar-refractivity contribution in [3.05, 3.63) is 65.6 Å². The molecule has 0 spiro atoms. The lowest BCUT2D eigenvalue weighted by Gasteiger charge is -2.13. The van der Waals surface area contributed by atoms with Crippen LogP contribution in [0.15, 0.2) is 48.5 Å². The Morgan fingerprint density at radius 2 is 1.93 bits per heavy atom. The van der Waals surface area contributed by atoms with Crippen molar-refractivity contribution in [2.45, 2.75) is 6.54 Å². The Labute approximate surface area is 153 Å². The molecule has 1 saturated heterocycles. The van der Waals surface area contributed by atoms with E-state index < -0.39 is 12.0 Å². The number of benzene rings is 2. The molecule has 4 rings (SSSR count). The lowest BCUT2D eigenvalue weighted by atomic mass is 9.99. The number of nitriles is 1. The van der Waals surface area contributed by atoms with Crippen LogP contribution in [0.1, 0.15) is 11.3 Å². The topological polar surface area (TPSA) is 83.3 Å². The number of imide groups is 1. The van der Waals surface area contributed by atoms with Gasteiger partial charge < -0.3 is 4.74 Å². The van der Waals surface area contributed by atoms with E-state index in [0.29, 0.717) is 11.1 Å². The highest BCUT2D eigenvalue weighted by molar-refractivity contribution is 5.98. The zero-order valence-electron chi connectivity index (χ0n) is 14.0. The van der Waals surface area contributed by atoms with Crippen LogP contribution in [0.25, 0.3) is 22.0 Å². The third kappa shape index (κ3) is 3.09. The van der Waals surface area contributed by atoms with Gasteiger partial charge in [0.1, 0.15) is 17.6 Å². The van der Waals surface area contributed by atoms with Crippen molar-refractivity contribution in [2.24, 2.45) is 0 Å². The summed E-state index contributed by atoms with van der Waals surface area (Å²) >= 11 is 0. The van der Waals surface area contributed by atoms with E-state index in [1.165, 1.54) is 12.1 Å². The average molecular weight is 361 g/mol. The van der Waals surface area contributed by atoms with Crippen LogP contribution in [0.4, 0.5) is 9.18 Å². The van der Waals surface area contributed by atoms with E-state index in [1.807, 2.05) is 12.1 Å². The number of amides is 2. The van der Waals surface area contributed by atoms with Crippen molar-refractivity contribution >= 4 is 22.9 Å². The van der Waals surface area contributed by atoms with Crippen LogP contribution in [0, 0.1) is 17.1 Å². The van der Waals surface area contributed by atoms with Crippen molar-refractivity contribution in [2.75, 3.05) is 6.61 Å². The summed E-state index contributed by atoms with van der Waals surface area (Å²) in [7, 11) is 0.